The molecule has 1 aliphatic heterocycles. The van der Waals surface area contributed by atoms with E-state index in [-0.39, 0.29) is 5.82 Å². The van der Waals surface area contributed by atoms with Gasteiger partial charge in [-0.1, -0.05) is 12.1 Å². The van der Waals surface area contributed by atoms with E-state index in [1.54, 1.807) is 12.1 Å². The van der Waals surface area contributed by atoms with Crippen LogP contribution in [0.3, 0.4) is 0 Å². The van der Waals surface area contributed by atoms with Crippen LogP contribution in [0.2, 0.25) is 0 Å². The van der Waals surface area contributed by atoms with Crippen molar-refractivity contribution in [2.24, 2.45) is 11.7 Å². The van der Waals surface area contributed by atoms with E-state index in [9.17, 15) is 4.39 Å². The molecule has 0 aromatic heterocycles. The number of benzene rings is 1. The Balaban J connectivity index is 1.62. The van der Waals surface area contributed by atoms with Gasteiger partial charge >= 0.3 is 0 Å². The Morgan fingerprint density at radius 3 is 2.56 bits per heavy atom. The average Bonchev–Trinajstić information content (AvgIpc) is 3.15. The predicted octanol–water partition coefficient (Wildman–Crippen LogP) is 2.18. The third kappa shape index (κ3) is 2.90. The number of nitrogens with zero attached hydrogens (tertiary/aromatic N) is 1. The Hall–Kier alpha value is -0.930. The van der Waals surface area contributed by atoms with Crippen molar-refractivity contribution in [3.05, 3.63) is 35.6 Å². The topological polar surface area (TPSA) is 29.3 Å². The second kappa shape index (κ2) is 4.98. The van der Waals surface area contributed by atoms with E-state index in [2.05, 4.69) is 4.90 Å². The zero-order valence-electron chi connectivity index (χ0n) is 10.7. The lowest BCUT2D eigenvalue weighted by molar-refractivity contribution is 0.148. The van der Waals surface area contributed by atoms with Crippen molar-refractivity contribution in [1.82, 2.24) is 4.90 Å². The van der Waals surface area contributed by atoms with Gasteiger partial charge in [0.1, 0.15) is 5.82 Å². The lowest BCUT2D eigenvalue weighted by atomic mass is 9.89. The first-order valence-electron chi connectivity index (χ1n) is 6.95. The van der Waals surface area contributed by atoms with Crippen molar-refractivity contribution in [1.29, 1.82) is 0 Å². The SMILES string of the molecule is NC1CC(Cc2ccc(F)cc2)CN(C2CC2)C1. The Morgan fingerprint density at radius 2 is 1.89 bits per heavy atom. The molecule has 0 amide bonds. The number of hydrogen-bond acceptors (Lipinski definition) is 2. The van der Waals surface area contributed by atoms with Crippen molar-refractivity contribution in [3.63, 3.8) is 0 Å². The smallest absolute Gasteiger partial charge is 0.123 e. The molecule has 0 spiro atoms. The fourth-order valence-electron chi connectivity index (χ4n) is 3.12. The fraction of sp³-hybridized carbons (Fsp3) is 0.600. The summed E-state index contributed by atoms with van der Waals surface area (Å²) >= 11 is 0. The summed E-state index contributed by atoms with van der Waals surface area (Å²) < 4.78 is 12.9. The third-order valence-corrected chi connectivity index (χ3v) is 4.10. The second-order valence-electron chi connectivity index (χ2n) is 5.88. The molecule has 2 fully saturated rings. The van der Waals surface area contributed by atoms with Gasteiger partial charge in [-0.05, 0) is 49.3 Å². The molecule has 0 bridgehead atoms. The minimum Gasteiger partial charge on any atom is -0.327 e. The van der Waals surface area contributed by atoms with E-state index in [1.807, 2.05) is 12.1 Å². The average molecular weight is 248 g/mol. The van der Waals surface area contributed by atoms with Gasteiger partial charge in [-0.15, -0.1) is 0 Å². The summed E-state index contributed by atoms with van der Waals surface area (Å²) in [5.41, 5.74) is 7.39. The highest BCUT2D eigenvalue weighted by Crippen LogP contribution is 2.31. The molecule has 1 saturated carbocycles. The molecule has 1 aliphatic carbocycles. The number of likely N-dealkylation sites (tertiary alicyclic amines) is 1. The molecule has 0 radical (unpaired) electrons. The third-order valence-electron chi connectivity index (χ3n) is 4.10. The standard InChI is InChI=1S/C15H21FN2/c16-13-3-1-11(2-4-13)7-12-8-14(17)10-18(9-12)15-5-6-15/h1-4,12,14-15H,5-10,17H2. The number of halogens is 1. The van der Waals surface area contributed by atoms with Gasteiger partial charge in [0.05, 0.1) is 0 Å². The van der Waals surface area contributed by atoms with E-state index < -0.39 is 0 Å². The minimum absolute atomic E-state index is 0.154. The highest BCUT2D eigenvalue weighted by Gasteiger charge is 2.34. The number of hydrogen-bond donors (Lipinski definition) is 1. The summed E-state index contributed by atoms with van der Waals surface area (Å²) in [4.78, 5) is 2.56. The van der Waals surface area contributed by atoms with Crippen LogP contribution in [-0.4, -0.2) is 30.1 Å². The molecule has 2 nitrogen and oxygen atoms in total. The van der Waals surface area contributed by atoms with Gasteiger partial charge in [-0.3, -0.25) is 4.90 Å². The molecule has 3 rings (SSSR count). The van der Waals surface area contributed by atoms with Crippen molar-refractivity contribution >= 4 is 0 Å². The summed E-state index contributed by atoms with van der Waals surface area (Å²) in [5.74, 6) is 0.471. The van der Waals surface area contributed by atoms with Crippen LogP contribution < -0.4 is 5.73 Å². The molecule has 2 aliphatic rings. The van der Waals surface area contributed by atoms with Crippen molar-refractivity contribution in [3.8, 4) is 0 Å². The maximum Gasteiger partial charge on any atom is 0.123 e. The van der Waals surface area contributed by atoms with Crippen LogP contribution in [0.25, 0.3) is 0 Å². The van der Waals surface area contributed by atoms with Crippen LogP contribution in [0, 0.1) is 11.7 Å². The zero-order valence-corrected chi connectivity index (χ0v) is 10.7. The maximum absolute atomic E-state index is 12.9. The molecule has 3 heteroatoms. The van der Waals surface area contributed by atoms with Crippen molar-refractivity contribution < 1.29 is 4.39 Å². The highest BCUT2D eigenvalue weighted by atomic mass is 19.1. The quantitative estimate of drug-likeness (QED) is 0.888. The Labute approximate surface area is 108 Å². The molecule has 18 heavy (non-hydrogen) atoms. The van der Waals surface area contributed by atoms with E-state index in [0.717, 1.165) is 32.0 Å². The first-order chi connectivity index (χ1) is 8.70. The molecule has 1 saturated heterocycles. The van der Waals surface area contributed by atoms with Crippen LogP contribution >= 0.6 is 0 Å². The maximum atomic E-state index is 12.9. The molecule has 98 valence electrons. The van der Waals surface area contributed by atoms with E-state index in [4.69, 9.17) is 5.73 Å². The van der Waals surface area contributed by atoms with Gasteiger partial charge in [0.2, 0.25) is 0 Å². The Bertz CT molecular complexity index is 399. The molecular weight excluding hydrogens is 227 g/mol. The van der Waals surface area contributed by atoms with Gasteiger partial charge in [0.15, 0.2) is 0 Å². The highest BCUT2D eigenvalue weighted by molar-refractivity contribution is 5.17. The lowest BCUT2D eigenvalue weighted by Crippen LogP contribution is -2.48. The summed E-state index contributed by atoms with van der Waals surface area (Å²) in [7, 11) is 0. The first-order valence-corrected chi connectivity index (χ1v) is 6.95. The first kappa shape index (κ1) is 12.1. The molecule has 1 aromatic carbocycles. The molecule has 1 heterocycles. The van der Waals surface area contributed by atoms with Crippen molar-refractivity contribution in [2.45, 2.75) is 37.8 Å². The normalized spacial score (nSPS) is 29.4. The zero-order chi connectivity index (χ0) is 12.5. The fourth-order valence-corrected chi connectivity index (χ4v) is 3.12. The summed E-state index contributed by atoms with van der Waals surface area (Å²) in [6, 6.07) is 8.01. The number of piperidine rings is 1. The monoisotopic (exact) mass is 248 g/mol. The van der Waals surface area contributed by atoms with Gasteiger partial charge in [0, 0.05) is 25.2 Å². The van der Waals surface area contributed by atoms with Gasteiger partial charge < -0.3 is 5.73 Å². The predicted molar refractivity (Wildman–Crippen MR) is 70.8 cm³/mol. The summed E-state index contributed by atoms with van der Waals surface area (Å²) in [5, 5.41) is 0. The molecule has 2 atom stereocenters. The molecular formula is C15H21FN2. The molecule has 2 unspecified atom stereocenters. The van der Waals surface area contributed by atoms with Crippen LogP contribution in [0.4, 0.5) is 4.39 Å². The van der Waals surface area contributed by atoms with Crippen LogP contribution in [0.5, 0.6) is 0 Å². The van der Waals surface area contributed by atoms with Crippen LogP contribution in [-0.2, 0) is 6.42 Å². The Kier molecular flexibility index (Phi) is 3.35. The summed E-state index contributed by atoms with van der Waals surface area (Å²) in [6.07, 6.45) is 4.81. The van der Waals surface area contributed by atoms with Crippen LogP contribution in [0.15, 0.2) is 24.3 Å². The van der Waals surface area contributed by atoms with Crippen LogP contribution in [0.1, 0.15) is 24.8 Å². The molecule has 2 N–H and O–H groups in total. The Morgan fingerprint density at radius 1 is 1.17 bits per heavy atom. The number of rotatable bonds is 3. The molecule has 1 aromatic rings. The largest absolute Gasteiger partial charge is 0.327 e. The van der Waals surface area contributed by atoms with E-state index >= 15 is 0 Å². The van der Waals surface area contributed by atoms with E-state index in [1.165, 1.54) is 18.4 Å². The van der Waals surface area contributed by atoms with Gasteiger partial charge in [0.25, 0.3) is 0 Å². The van der Waals surface area contributed by atoms with Gasteiger partial charge in [-0.25, -0.2) is 4.39 Å². The number of nitrogens with two attached hydrogens (primary N) is 1. The minimum atomic E-state index is -0.154. The second-order valence-corrected chi connectivity index (χ2v) is 5.88. The van der Waals surface area contributed by atoms with Crippen molar-refractivity contribution in [2.75, 3.05) is 13.1 Å². The lowest BCUT2D eigenvalue weighted by Gasteiger charge is -2.36. The van der Waals surface area contributed by atoms with Gasteiger partial charge in [-0.2, -0.15) is 0 Å². The van der Waals surface area contributed by atoms with E-state index in [0.29, 0.717) is 12.0 Å². The summed E-state index contributed by atoms with van der Waals surface area (Å²) in [6.45, 7) is 2.22.